The zero-order chi connectivity index (χ0) is 21.3. The summed E-state index contributed by atoms with van der Waals surface area (Å²) in [5, 5.41) is 10.2. The number of nitrogens with zero attached hydrogens (tertiary/aromatic N) is 1. The van der Waals surface area contributed by atoms with Gasteiger partial charge in [-0.1, -0.05) is 30.5 Å². The molecule has 0 bridgehead atoms. The number of hydrogen-bond donors (Lipinski definition) is 1. The first-order valence-electron chi connectivity index (χ1n) is 10.4. The molecule has 1 aliphatic carbocycles. The van der Waals surface area contributed by atoms with Gasteiger partial charge in [0.25, 0.3) is 0 Å². The Morgan fingerprint density at radius 3 is 2.55 bits per heavy atom. The summed E-state index contributed by atoms with van der Waals surface area (Å²) in [6, 6.07) is 15.3. The normalized spacial score (nSPS) is 13.8. The fraction of sp³-hybridized carbons (Fsp3) is 0.320. The minimum Gasteiger partial charge on any atom is -0.493 e. The van der Waals surface area contributed by atoms with E-state index >= 15 is 0 Å². The van der Waals surface area contributed by atoms with Gasteiger partial charge < -0.3 is 14.4 Å². The topological polar surface area (TPSA) is 51.5 Å². The van der Waals surface area contributed by atoms with Gasteiger partial charge in [0.1, 0.15) is 5.75 Å². The number of carbonyl (C=O) groups is 1. The number of aromatic nitrogens is 1. The predicted octanol–water partition coefficient (Wildman–Crippen LogP) is 6.30. The minimum absolute atomic E-state index is 0. The van der Waals surface area contributed by atoms with Crippen LogP contribution in [-0.2, 0) is 0 Å². The van der Waals surface area contributed by atoms with Gasteiger partial charge in [-0.2, -0.15) is 0 Å². The van der Waals surface area contributed by atoms with Gasteiger partial charge in [-0.05, 0) is 80.6 Å². The third-order valence-corrected chi connectivity index (χ3v) is 6.19. The molecule has 0 amide bonds. The Hall–Kier alpha value is -1.72. The maximum absolute atomic E-state index is 11.6. The van der Waals surface area contributed by atoms with E-state index in [-0.39, 0.29) is 29.6 Å². The monoisotopic (exact) mass is 446 g/mol. The number of rotatable bonds is 6. The summed E-state index contributed by atoms with van der Waals surface area (Å²) in [6.45, 7) is 4.53. The molecule has 1 aliphatic rings. The fourth-order valence-electron chi connectivity index (χ4n) is 4.28. The summed E-state index contributed by atoms with van der Waals surface area (Å²) in [5.74, 6) is 0.484. The van der Waals surface area contributed by atoms with Crippen LogP contribution >= 0.6 is 11.6 Å². The van der Waals surface area contributed by atoms with Gasteiger partial charge in [0.05, 0.1) is 17.9 Å². The van der Waals surface area contributed by atoms with Crippen LogP contribution in [0.1, 0.15) is 47.3 Å². The standard InChI is InChI=1S/C25H26ClNO3.Na/c1-16-7-10-20(14-21(16)25(28)29)27-17(2)8-11-23(27)22-13-19(26)9-12-24(22)30-15-18-5-3-4-6-18;/h7-14,18H,3-6,15H2,1-2H3,(H,28,29);. The number of hydrogen-bond acceptors (Lipinski definition) is 2. The number of carboxylic acids is 1. The Labute approximate surface area is 210 Å². The molecule has 0 saturated heterocycles. The molecule has 4 nitrogen and oxygen atoms in total. The average Bonchev–Trinajstić information content (AvgIpc) is 3.37. The summed E-state index contributed by atoms with van der Waals surface area (Å²) < 4.78 is 8.30. The molecule has 1 heterocycles. The van der Waals surface area contributed by atoms with E-state index in [0.717, 1.165) is 34.0 Å². The maximum Gasteiger partial charge on any atom is 0.336 e. The predicted molar refractivity (Wildman–Crippen MR) is 126 cm³/mol. The molecule has 2 aromatic carbocycles. The number of aromatic carboxylic acids is 1. The van der Waals surface area contributed by atoms with E-state index in [1.54, 1.807) is 6.07 Å². The van der Waals surface area contributed by atoms with Crippen molar-refractivity contribution in [3.05, 3.63) is 70.4 Å². The van der Waals surface area contributed by atoms with Gasteiger partial charge in [0.2, 0.25) is 0 Å². The molecule has 0 aliphatic heterocycles. The molecule has 1 aromatic heterocycles. The van der Waals surface area contributed by atoms with Crippen LogP contribution in [0, 0.1) is 19.8 Å². The summed E-state index contributed by atoms with van der Waals surface area (Å²) in [4.78, 5) is 11.6. The second kappa shape index (κ2) is 10.3. The Morgan fingerprint density at radius 1 is 1.10 bits per heavy atom. The van der Waals surface area contributed by atoms with Gasteiger partial charge >= 0.3 is 5.97 Å². The third kappa shape index (κ3) is 5.20. The number of halogens is 1. The van der Waals surface area contributed by atoms with Crippen LogP contribution in [0.15, 0.2) is 48.5 Å². The molecule has 157 valence electrons. The minimum atomic E-state index is -0.927. The number of benzene rings is 2. The van der Waals surface area contributed by atoms with Crippen molar-refractivity contribution in [2.75, 3.05) is 6.61 Å². The third-order valence-electron chi connectivity index (χ3n) is 5.95. The zero-order valence-electron chi connectivity index (χ0n) is 18.3. The molecule has 3 aromatic rings. The van der Waals surface area contributed by atoms with E-state index in [1.807, 2.05) is 56.3 Å². The summed E-state index contributed by atoms with van der Waals surface area (Å²) in [5.41, 5.74) is 4.68. The van der Waals surface area contributed by atoms with Crippen molar-refractivity contribution < 1.29 is 14.6 Å². The molecule has 1 fully saturated rings. The van der Waals surface area contributed by atoms with Crippen LogP contribution in [-0.4, -0.2) is 51.8 Å². The molecule has 0 unspecified atom stereocenters. The largest absolute Gasteiger partial charge is 0.493 e. The van der Waals surface area contributed by atoms with Crippen LogP contribution < -0.4 is 4.74 Å². The van der Waals surface area contributed by atoms with Gasteiger partial charge in [-0.15, -0.1) is 0 Å². The first-order chi connectivity index (χ1) is 14.4. The van der Waals surface area contributed by atoms with E-state index < -0.39 is 5.97 Å². The molecule has 6 heteroatoms. The molecule has 1 N–H and O–H groups in total. The van der Waals surface area contributed by atoms with Crippen molar-refractivity contribution in [1.29, 1.82) is 0 Å². The van der Waals surface area contributed by atoms with Gasteiger partial charge in [-0.25, -0.2) is 4.79 Å². The Bertz CT molecular complexity index is 1090. The van der Waals surface area contributed by atoms with E-state index in [9.17, 15) is 9.90 Å². The van der Waals surface area contributed by atoms with Crippen LogP contribution in [0.4, 0.5) is 0 Å². The molecule has 1 saturated carbocycles. The van der Waals surface area contributed by atoms with Crippen molar-refractivity contribution in [1.82, 2.24) is 4.57 Å². The molecule has 1 radical (unpaired) electrons. The summed E-state index contributed by atoms with van der Waals surface area (Å²) in [7, 11) is 0. The van der Waals surface area contributed by atoms with E-state index in [2.05, 4.69) is 4.57 Å². The van der Waals surface area contributed by atoms with E-state index in [0.29, 0.717) is 23.1 Å². The van der Waals surface area contributed by atoms with Gasteiger partial charge in [-0.3, -0.25) is 0 Å². The van der Waals surface area contributed by atoms with Crippen LogP contribution in [0.25, 0.3) is 16.9 Å². The van der Waals surface area contributed by atoms with E-state index in [4.69, 9.17) is 16.3 Å². The van der Waals surface area contributed by atoms with Crippen molar-refractivity contribution >= 4 is 47.1 Å². The maximum atomic E-state index is 11.6. The molecule has 31 heavy (non-hydrogen) atoms. The van der Waals surface area contributed by atoms with Crippen molar-refractivity contribution in [2.45, 2.75) is 39.5 Å². The van der Waals surface area contributed by atoms with Crippen LogP contribution in [0.5, 0.6) is 5.75 Å². The first kappa shape index (κ1) is 23.9. The SMILES string of the molecule is Cc1ccc(-n2c(C)ccc2-c2cc(Cl)ccc2OCC2CCCC2)cc1C(=O)O.[Na]. The average molecular weight is 447 g/mol. The number of aryl methyl sites for hydroxylation is 2. The smallest absolute Gasteiger partial charge is 0.336 e. The van der Waals surface area contributed by atoms with Crippen molar-refractivity contribution in [2.24, 2.45) is 5.92 Å². The molecule has 0 atom stereocenters. The Balaban J connectivity index is 0.00000272. The van der Waals surface area contributed by atoms with Crippen molar-refractivity contribution in [3.63, 3.8) is 0 Å². The van der Waals surface area contributed by atoms with Crippen LogP contribution in [0.3, 0.4) is 0 Å². The molecular formula is C25H26ClNNaO3. The summed E-state index contributed by atoms with van der Waals surface area (Å²) in [6.07, 6.45) is 5.01. The zero-order valence-corrected chi connectivity index (χ0v) is 21.1. The first-order valence-corrected chi connectivity index (χ1v) is 10.8. The van der Waals surface area contributed by atoms with Crippen LogP contribution in [0.2, 0.25) is 5.02 Å². The molecular weight excluding hydrogens is 421 g/mol. The number of carboxylic acid groups (broad SMARTS) is 1. The Kier molecular flexibility index (Phi) is 7.92. The number of ether oxygens (including phenoxy) is 1. The van der Waals surface area contributed by atoms with E-state index in [1.165, 1.54) is 25.7 Å². The van der Waals surface area contributed by atoms with Gasteiger partial charge in [0, 0.05) is 51.5 Å². The second-order valence-electron chi connectivity index (χ2n) is 8.10. The second-order valence-corrected chi connectivity index (χ2v) is 8.54. The van der Waals surface area contributed by atoms with Gasteiger partial charge in [0.15, 0.2) is 0 Å². The quantitative estimate of drug-likeness (QED) is 0.452. The Morgan fingerprint density at radius 2 is 1.84 bits per heavy atom. The molecule has 0 spiro atoms. The summed E-state index contributed by atoms with van der Waals surface area (Å²) >= 11 is 6.34. The van der Waals surface area contributed by atoms with Crippen molar-refractivity contribution in [3.8, 4) is 22.7 Å². The molecule has 4 rings (SSSR count). The fourth-order valence-corrected chi connectivity index (χ4v) is 4.46.